The Morgan fingerprint density at radius 3 is 2.58 bits per heavy atom. The molecule has 1 aliphatic rings. The molecule has 2 aromatic carbocycles. The number of hydrogen-bond acceptors (Lipinski definition) is 4. The number of aryl methyl sites for hydroxylation is 1. The molecule has 1 aliphatic heterocycles. The molecule has 1 amide bonds. The number of amidine groups is 1. The lowest BCUT2D eigenvalue weighted by molar-refractivity contribution is -0.119. The summed E-state index contributed by atoms with van der Waals surface area (Å²) in [6, 6.07) is 16.2. The minimum Gasteiger partial charge on any atom is -0.350 e. The van der Waals surface area contributed by atoms with Crippen LogP contribution in [0.2, 0.25) is 0 Å². The Bertz CT molecular complexity index is 858. The van der Waals surface area contributed by atoms with Crippen LogP contribution in [0.15, 0.2) is 58.6 Å². The summed E-state index contributed by atoms with van der Waals surface area (Å²) in [4.78, 5) is 15.8. The zero-order valence-electron chi connectivity index (χ0n) is 15.1. The summed E-state index contributed by atoms with van der Waals surface area (Å²) in [5.41, 5.74) is 8.27. The van der Waals surface area contributed by atoms with Crippen molar-refractivity contribution in [2.75, 3.05) is 5.75 Å². The number of benzene rings is 2. The number of carbonyl (C=O) groups is 1. The standard InChI is InChI=1S/C20H22N4OS/c1-13-6-4-5-7-18(13)22-20-24-23-19(12-26-20)17-10-8-16(9-11-17)14(2)21-15(3)25/h4-11,14H,12H2,1-3H3,(H,21,25)(H,22,24)/t14-/m1/s1. The van der Waals surface area contributed by atoms with Crippen LogP contribution < -0.4 is 10.7 Å². The van der Waals surface area contributed by atoms with Crippen LogP contribution in [0, 0.1) is 6.92 Å². The molecule has 0 saturated carbocycles. The van der Waals surface area contributed by atoms with Crippen LogP contribution in [0.3, 0.4) is 0 Å². The molecule has 0 saturated heterocycles. The van der Waals surface area contributed by atoms with Crippen molar-refractivity contribution in [3.8, 4) is 0 Å². The van der Waals surface area contributed by atoms with Gasteiger partial charge in [0.2, 0.25) is 5.91 Å². The molecule has 0 spiro atoms. The molecule has 5 nitrogen and oxygen atoms in total. The van der Waals surface area contributed by atoms with Crippen molar-refractivity contribution in [3.63, 3.8) is 0 Å². The van der Waals surface area contributed by atoms with Crippen molar-refractivity contribution in [2.24, 2.45) is 10.1 Å². The lowest BCUT2D eigenvalue weighted by Crippen LogP contribution is -2.25. The van der Waals surface area contributed by atoms with Gasteiger partial charge < -0.3 is 5.32 Å². The molecule has 0 unspecified atom stereocenters. The summed E-state index contributed by atoms with van der Waals surface area (Å²) in [7, 11) is 0. The van der Waals surface area contributed by atoms with Gasteiger partial charge in [-0.05, 0) is 36.6 Å². The molecule has 1 atom stereocenters. The summed E-state index contributed by atoms with van der Waals surface area (Å²) in [5, 5.41) is 8.17. The molecular formula is C20H22N4OS. The number of nitrogens with one attached hydrogen (secondary N) is 2. The van der Waals surface area contributed by atoms with Gasteiger partial charge in [0.05, 0.1) is 17.4 Å². The third-order valence-corrected chi connectivity index (χ3v) is 5.01. The number of carbonyl (C=O) groups excluding carboxylic acids is 1. The first kappa shape index (κ1) is 18.2. The normalized spacial score (nSPS) is 16.6. The highest BCUT2D eigenvalue weighted by molar-refractivity contribution is 8.14. The number of aliphatic imine (C=N–C) groups is 1. The second kappa shape index (κ2) is 8.19. The molecule has 0 radical (unpaired) electrons. The van der Waals surface area contributed by atoms with E-state index in [1.54, 1.807) is 11.8 Å². The van der Waals surface area contributed by atoms with Crippen LogP contribution in [0.1, 0.15) is 36.6 Å². The van der Waals surface area contributed by atoms with E-state index < -0.39 is 0 Å². The topological polar surface area (TPSA) is 65.8 Å². The van der Waals surface area contributed by atoms with E-state index >= 15 is 0 Å². The molecule has 0 aliphatic carbocycles. The lowest BCUT2D eigenvalue weighted by Gasteiger charge is -2.17. The van der Waals surface area contributed by atoms with Gasteiger partial charge in [-0.2, -0.15) is 5.10 Å². The van der Waals surface area contributed by atoms with Gasteiger partial charge in [0.25, 0.3) is 0 Å². The van der Waals surface area contributed by atoms with Crippen LogP contribution in [0.5, 0.6) is 0 Å². The highest BCUT2D eigenvalue weighted by Crippen LogP contribution is 2.22. The summed E-state index contributed by atoms with van der Waals surface area (Å²) in [6.07, 6.45) is 0. The molecule has 0 aromatic heterocycles. The molecule has 2 aromatic rings. The number of amides is 1. The number of hydrogen-bond donors (Lipinski definition) is 2. The first-order chi connectivity index (χ1) is 12.5. The Morgan fingerprint density at radius 1 is 1.23 bits per heavy atom. The summed E-state index contributed by atoms with van der Waals surface area (Å²) in [5.74, 6) is 0.734. The zero-order chi connectivity index (χ0) is 18.5. The first-order valence-corrected chi connectivity index (χ1v) is 9.48. The fourth-order valence-corrected chi connectivity index (χ4v) is 3.45. The number of rotatable bonds is 4. The predicted octanol–water partition coefficient (Wildman–Crippen LogP) is 3.92. The molecular weight excluding hydrogens is 344 g/mol. The van der Waals surface area contributed by atoms with Gasteiger partial charge >= 0.3 is 0 Å². The third-order valence-electron chi connectivity index (χ3n) is 4.13. The van der Waals surface area contributed by atoms with Crippen molar-refractivity contribution >= 4 is 34.2 Å². The average molecular weight is 366 g/mol. The third kappa shape index (κ3) is 4.52. The van der Waals surface area contributed by atoms with Crippen molar-refractivity contribution in [2.45, 2.75) is 26.8 Å². The Balaban J connectivity index is 1.69. The van der Waals surface area contributed by atoms with Crippen LogP contribution in [-0.2, 0) is 4.79 Å². The van der Waals surface area contributed by atoms with E-state index in [0.29, 0.717) is 0 Å². The van der Waals surface area contributed by atoms with Crippen LogP contribution in [0.4, 0.5) is 5.69 Å². The Labute approximate surface area is 158 Å². The molecule has 0 fully saturated rings. The van der Waals surface area contributed by atoms with Crippen LogP contribution in [-0.4, -0.2) is 22.5 Å². The maximum absolute atomic E-state index is 11.2. The van der Waals surface area contributed by atoms with Gasteiger partial charge in [0.1, 0.15) is 0 Å². The van der Waals surface area contributed by atoms with E-state index in [-0.39, 0.29) is 11.9 Å². The van der Waals surface area contributed by atoms with Gasteiger partial charge in [0, 0.05) is 12.7 Å². The molecule has 1 heterocycles. The molecule has 134 valence electrons. The van der Waals surface area contributed by atoms with Crippen LogP contribution in [0.25, 0.3) is 0 Å². The predicted molar refractivity (Wildman–Crippen MR) is 109 cm³/mol. The Hall–Kier alpha value is -2.60. The Kier molecular flexibility index (Phi) is 5.73. The van der Waals surface area contributed by atoms with Crippen molar-refractivity contribution in [1.82, 2.24) is 10.7 Å². The summed E-state index contributed by atoms with van der Waals surface area (Å²) >= 11 is 1.64. The van der Waals surface area contributed by atoms with Crippen molar-refractivity contribution in [1.29, 1.82) is 0 Å². The van der Waals surface area contributed by atoms with Gasteiger partial charge in [-0.25, -0.2) is 4.99 Å². The van der Waals surface area contributed by atoms with Gasteiger partial charge in [-0.3, -0.25) is 10.2 Å². The number of para-hydroxylation sites is 1. The molecule has 6 heteroatoms. The highest BCUT2D eigenvalue weighted by atomic mass is 32.2. The van der Waals surface area contributed by atoms with Crippen molar-refractivity contribution in [3.05, 3.63) is 65.2 Å². The SMILES string of the molecule is CC(=O)N[C@H](C)c1ccc(C2=NNC(=Nc3ccccc3C)SC2)cc1. The monoisotopic (exact) mass is 366 g/mol. The highest BCUT2D eigenvalue weighted by Gasteiger charge is 2.14. The van der Waals surface area contributed by atoms with E-state index in [2.05, 4.69) is 20.8 Å². The van der Waals surface area contributed by atoms with E-state index in [4.69, 9.17) is 0 Å². The number of nitrogens with zero attached hydrogens (tertiary/aromatic N) is 2. The van der Waals surface area contributed by atoms with Gasteiger partial charge in [-0.1, -0.05) is 54.2 Å². The van der Waals surface area contributed by atoms with Gasteiger partial charge in [0.15, 0.2) is 5.17 Å². The van der Waals surface area contributed by atoms with E-state index in [1.807, 2.05) is 62.4 Å². The second-order valence-electron chi connectivity index (χ2n) is 6.21. The Morgan fingerprint density at radius 2 is 1.96 bits per heavy atom. The molecule has 26 heavy (non-hydrogen) atoms. The zero-order valence-corrected chi connectivity index (χ0v) is 15.9. The fraction of sp³-hybridized carbons (Fsp3) is 0.250. The smallest absolute Gasteiger partial charge is 0.217 e. The first-order valence-electron chi connectivity index (χ1n) is 8.50. The minimum atomic E-state index is -0.0284. The average Bonchev–Trinajstić information content (AvgIpc) is 2.64. The molecule has 2 N–H and O–H groups in total. The summed E-state index contributed by atoms with van der Waals surface area (Å²) < 4.78 is 0. The lowest BCUT2D eigenvalue weighted by atomic mass is 10.0. The molecule has 3 rings (SSSR count). The van der Waals surface area contributed by atoms with Crippen LogP contribution >= 0.6 is 11.8 Å². The fourth-order valence-electron chi connectivity index (χ4n) is 2.67. The maximum Gasteiger partial charge on any atom is 0.217 e. The van der Waals surface area contributed by atoms with E-state index in [0.717, 1.165) is 39.0 Å². The second-order valence-corrected chi connectivity index (χ2v) is 7.17. The van der Waals surface area contributed by atoms with E-state index in [1.165, 1.54) is 6.92 Å². The quantitative estimate of drug-likeness (QED) is 0.862. The minimum absolute atomic E-state index is 0.00445. The maximum atomic E-state index is 11.2. The van der Waals surface area contributed by atoms with E-state index in [9.17, 15) is 4.79 Å². The molecule has 0 bridgehead atoms. The number of thioether (sulfide) groups is 1. The largest absolute Gasteiger partial charge is 0.350 e. The summed E-state index contributed by atoms with van der Waals surface area (Å²) in [6.45, 7) is 5.55. The van der Waals surface area contributed by atoms with Gasteiger partial charge in [-0.15, -0.1) is 0 Å². The number of hydrazone groups is 1. The van der Waals surface area contributed by atoms with Crippen molar-refractivity contribution < 1.29 is 4.79 Å².